The summed E-state index contributed by atoms with van der Waals surface area (Å²) in [6.07, 6.45) is 6.53. The molecule has 0 saturated heterocycles. The highest BCUT2D eigenvalue weighted by atomic mass is 35.5. The van der Waals surface area contributed by atoms with Crippen molar-refractivity contribution in [2.45, 2.75) is 38.5 Å². The summed E-state index contributed by atoms with van der Waals surface area (Å²) in [6.45, 7) is -0.293. The summed E-state index contributed by atoms with van der Waals surface area (Å²) < 4.78 is 5.40. The van der Waals surface area contributed by atoms with Crippen LogP contribution in [-0.2, 0) is 14.3 Å². The molecule has 4 saturated carbocycles. The molecule has 136 valence electrons. The van der Waals surface area contributed by atoms with Crippen molar-refractivity contribution in [2.75, 3.05) is 11.9 Å². The van der Waals surface area contributed by atoms with E-state index in [1.807, 2.05) is 6.07 Å². The standard InChI is InChI=1S/C20H21ClN2O3/c21-17-6-16(2-1-15(17)10-22)23-18(24)11-26-19(25)20-7-12-3-13(8-20)5-14(4-12)9-20/h1-2,6,12-14H,3-5,7-9,11H2,(H,23,24). The molecule has 4 aliphatic carbocycles. The molecule has 1 N–H and O–H groups in total. The number of anilines is 1. The Morgan fingerprint density at radius 1 is 1.19 bits per heavy atom. The molecule has 0 unspecified atom stereocenters. The molecule has 4 aliphatic rings. The first kappa shape index (κ1) is 17.4. The van der Waals surface area contributed by atoms with E-state index in [0.29, 0.717) is 29.0 Å². The van der Waals surface area contributed by atoms with Crippen LogP contribution < -0.4 is 5.32 Å². The molecule has 0 spiro atoms. The molecule has 26 heavy (non-hydrogen) atoms. The SMILES string of the molecule is N#Cc1ccc(NC(=O)COC(=O)C23CC4CC(CC(C4)C2)C3)cc1Cl. The molecule has 0 aromatic heterocycles. The summed E-state index contributed by atoms with van der Waals surface area (Å²) in [5, 5.41) is 11.8. The van der Waals surface area contributed by atoms with Crippen LogP contribution in [0.4, 0.5) is 5.69 Å². The van der Waals surface area contributed by atoms with Gasteiger partial charge in [0.1, 0.15) is 6.07 Å². The van der Waals surface area contributed by atoms with E-state index in [1.165, 1.54) is 25.3 Å². The molecule has 4 bridgehead atoms. The summed E-state index contributed by atoms with van der Waals surface area (Å²) in [4.78, 5) is 24.8. The van der Waals surface area contributed by atoms with Crippen LogP contribution in [0.5, 0.6) is 0 Å². The van der Waals surface area contributed by atoms with Gasteiger partial charge in [-0.1, -0.05) is 11.6 Å². The van der Waals surface area contributed by atoms with E-state index in [9.17, 15) is 9.59 Å². The lowest BCUT2D eigenvalue weighted by Gasteiger charge is -2.55. The number of hydrogen-bond acceptors (Lipinski definition) is 4. The largest absolute Gasteiger partial charge is 0.455 e. The second-order valence-electron chi connectivity index (χ2n) is 8.13. The zero-order valence-corrected chi connectivity index (χ0v) is 15.2. The molecule has 0 heterocycles. The molecule has 1 aromatic carbocycles. The lowest BCUT2D eigenvalue weighted by molar-refractivity contribution is -0.172. The average Bonchev–Trinajstić information content (AvgIpc) is 2.58. The Kier molecular flexibility index (Phi) is 4.40. The third-order valence-electron chi connectivity index (χ3n) is 6.18. The number of rotatable bonds is 4. The van der Waals surface area contributed by atoms with Crippen LogP contribution in [0.3, 0.4) is 0 Å². The van der Waals surface area contributed by atoms with Crippen molar-refractivity contribution in [1.29, 1.82) is 5.26 Å². The maximum absolute atomic E-state index is 12.7. The van der Waals surface area contributed by atoms with Crippen LogP contribution >= 0.6 is 11.6 Å². The van der Waals surface area contributed by atoms with Gasteiger partial charge in [0.05, 0.1) is 16.0 Å². The van der Waals surface area contributed by atoms with Gasteiger partial charge in [-0.15, -0.1) is 0 Å². The Hall–Kier alpha value is -2.06. The van der Waals surface area contributed by atoms with Crippen molar-refractivity contribution < 1.29 is 14.3 Å². The first-order valence-electron chi connectivity index (χ1n) is 9.14. The minimum Gasteiger partial charge on any atom is -0.455 e. The third kappa shape index (κ3) is 3.19. The number of esters is 1. The van der Waals surface area contributed by atoms with Crippen molar-refractivity contribution in [3.63, 3.8) is 0 Å². The van der Waals surface area contributed by atoms with E-state index >= 15 is 0 Å². The Labute approximate surface area is 157 Å². The number of carbonyl (C=O) groups excluding carboxylic acids is 2. The number of benzene rings is 1. The molecule has 5 nitrogen and oxygen atoms in total. The maximum Gasteiger partial charge on any atom is 0.312 e. The van der Waals surface area contributed by atoms with Crippen molar-refractivity contribution in [1.82, 2.24) is 0 Å². The van der Waals surface area contributed by atoms with Crippen molar-refractivity contribution in [2.24, 2.45) is 23.2 Å². The zero-order chi connectivity index (χ0) is 18.3. The third-order valence-corrected chi connectivity index (χ3v) is 6.49. The molecule has 1 amide bonds. The van der Waals surface area contributed by atoms with E-state index < -0.39 is 5.91 Å². The quantitative estimate of drug-likeness (QED) is 0.812. The van der Waals surface area contributed by atoms with Gasteiger partial charge in [-0.3, -0.25) is 9.59 Å². The van der Waals surface area contributed by atoms with Crippen LogP contribution in [0.25, 0.3) is 0 Å². The Morgan fingerprint density at radius 3 is 2.35 bits per heavy atom. The Balaban J connectivity index is 1.34. The predicted molar refractivity (Wildman–Crippen MR) is 96.4 cm³/mol. The first-order valence-corrected chi connectivity index (χ1v) is 9.52. The average molecular weight is 373 g/mol. The number of halogens is 1. The number of ether oxygens (including phenoxy) is 1. The maximum atomic E-state index is 12.7. The normalized spacial score (nSPS) is 31.3. The summed E-state index contributed by atoms with van der Waals surface area (Å²) in [5.74, 6) is 1.36. The summed E-state index contributed by atoms with van der Waals surface area (Å²) in [7, 11) is 0. The summed E-state index contributed by atoms with van der Waals surface area (Å²) in [6, 6.07) is 6.62. The number of hydrogen-bond donors (Lipinski definition) is 1. The lowest BCUT2D eigenvalue weighted by atomic mass is 9.49. The Morgan fingerprint density at radius 2 is 1.81 bits per heavy atom. The summed E-state index contributed by atoms with van der Waals surface area (Å²) >= 11 is 5.96. The van der Waals surface area contributed by atoms with Gasteiger partial charge in [0.15, 0.2) is 6.61 Å². The number of nitriles is 1. The van der Waals surface area contributed by atoms with Gasteiger partial charge < -0.3 is 10.1 Å². The minimum absolute atomic E-state index is 0.204. The van der Waals surface area contributed by atoms with Crippen LogP contribution in [0.2, 0.25) is 5.02 Å². The van der Waals surface area contributed by atoms with E-state index in [-0.39, 0.29) is 23.0 Å². The number of carbonyl (C=O) groups is 2. The molecule has 0 radical (unpaired) electrons. The molecule has 0 aliphatic heterocycles. The first-order chi connectivity index (χ1) is 12.5. The zero-order valence-electron chi connectivity index (χ0n) is 14.5. The van der Waals surface area contributed by atoms with Gasteiger partial charge in [-0.25, -0.2) is 0 Å². The van der Waals surface area contributed by atoms with Crippen molar-refractivity contribution in [3.05, 3.63) is 28.8 Å². The van der Waals surface area contributed by atoms with E-state index in [2.05, 4.69) is 5.32 Å². The Bertz CT molecular complexity index is 763. The fraction of sp³-hybridized carbons (Fsp3) is 0.550. The smallest absolute Gasteiger partial charge is 0.312 e. The van der Waals surface area contributed by atoms with Gasteiger partial charge in [-0.2, -0.15) is 5.26 Å². The van der Waals surface area contributed by atoms with Gasteiger partial charge in [0, 0.05) is 5.69 Å². The van der Waals surface area contributed by atoms with Gasteiger partial charge >= 0.3 is 5.97 Å². The molecule has 4 fully saturated rings. The molecule has 5 rings (SSSR count). The molecular formula is C20H21ClN2O3. The minimum atomic E-state index is -0.399. The highest BCUT2D eigenvalue weighted by molar-refractivity contribution is 6.32. The number of nitrogens with zero attached hydrogens (tertiary/aromatic N) is 1. The van der Waals surface area contributed by atoms with Crippen LogP contribution in [0, 0.1) is 34.5 Å². The van der Waals surface area contributed by atoms with E-state index in [4.69, 9.17) is 21.6 Å². The molecule has 1 aromatic rings. The second kappa shape index (κ2) is 6.59. The van der Waals surface area contributed by atoms with Gasteiger partial charge in [0.25, 0.3) is 5.91 Å². The highest BCUT2D eigenvalue weighted by Gasteiger charge is 2.55. The van der Waals surface area contributed by atoms with Crippen LogP contribution in [0.15, 0.2) is 18.2 Å². The molecule has 0 atom stereocenters. The van der Waals surface area contributed by atoms with Gasteiger partial charge in [-0.05, 0) is 74.5 Å². The van der Waals surface area contributed by atoms with E-state index in [1.54, 1.807) is 12.1 Å². The molecule has 6 heteroatoms. The predicted octanol–water partition coefficient (Wildman–Crippen LogP) is 3.91. The van der Waals surface area contributed by atoms with Gasteiger partial charge in [0.2, 0.25) is 0 Å². The van der Waals surface area contributed by atoms with Crippen LogP contribution in [0.1, 0.15) is 44.1 Å². The second-order valence-corrected chi connectivity index (χ2v) is 8.54. The lowest BCUT2D eigenvalue weighted by Crippen LogP contribution is -2.50. The topological polar surface area (TPSA) is 79.2 Å². The van der Waals surface area contributed by atoms with E-state index in [0.717, 1.165) is 19.3 Å². The fourth-order valence-corrected chi connectivity index (χ4v) is 5.75. The highest BCUT2D eigenvalue weighted by Crippen LogP contribution is 2.60. The fourth-order valence-electron chi connectivity index (χ4n) is 5.53. The molecular weight excluding hydrogens is 352 g/mol. The van der Waals surface area contributed by atoms with Crippen molar-refractivity contribution in [3.8, 4) is 6.07 Å². The summed E-state index contributed by atoms with van der Waals surface area (Å²) in [5.41, 5.74) is 0.468. The van der Waals surface area contributed by atoms with Crippen LogP contribution in [-0.4, -0.2) is 18.5 Å². The number of amides is 1. The number of nitrogens with one attached hydrogen (secondary N) is 1. The van der Waals surface area contributed by atoms with Crippen molar-refractivity contribution >= 4 is 29.2 Å². The monoisotopic (exact) mass is 372 g/mol.